The van der Waals surface area contributed by atoms with Gasteiger partial charge in [0.05, 0.1) is 0 Å². The van der Waals surface area contributed by atoms with Gasteiger partial charge in [-0.1, -0.05) is 126 Å². The van der Waals surface area contributed by atoms with Crippen LogP contribution in [0.3, 0.4) is 0 Å². The first-order valence-corrected chi connectivity index (χ1v) is 17.9. The molecule has 1 aliphatic heterocycles. The van der Waals surface area contributed by atoms with Crippen LogP contribution in [0.2, 0.25) is 0 Å². The van der Waals surface area contributed by atoms with Crippen molar-refractivity contribution in [1.82, 2.24) is 24.3 Å². The van der Waals surface area contributed by atoms with Gasteiger partial charge in [-0.25, -0.2) is 4.98 Å². The van der Waals surface area contributed by atoms with Crippen molar-refractivity contribution in [3.63, 3.8) is 0 Å². The zero-order chi connectivity index (χ0) is 36.5. The average Bonchev–Trinajstić information content (AvgIpc) is 3.74. The predicted octanol–water partition coefficient (Wildman–Crippen LogP) is 11.2. The first-order chi connectivity index (χ1) is 25.5. The molecule has 0 atom stereocenters. The van der Waals surface area contributed by atoms with Crippen LogP contribution in [0, 0.1) is 18.8 Å². The molecule has 0 unspecified atom stereocenters. The molecule has 0 bridgehead atoms. The predicted molar refractivity (Wildman–Crippen MR) is 213 cm³/mol. The summed E-state index contributed by atoms with van der Waals surface area (Å²) < 4.78 is 10.8. The normalized spacial score (nSPS) is 12.6. The summed E-state index contributed by atoms with van der Waals surface area (Å²) in [6.07, 6.45) is 1.89. The summed E-state index contributed by atoms with van der Waals surface area (Å²) in [5, 5.41) is 7.13. The summed E-state index contributed by atoms with van der Waals surface area (Å²) >= 11 is 0. The second-order valence-corrected chi connectivity index (χ2v) is 15.6. The molecule has 9 rings (SSSR count). The van der Waals surface area contributed by atoms with Crippen LogP contribution >= 0.6 is 0 Å². The Labute approximate surface area is 330 Å². The van der Waals surface area contributed by atoms with Crippen molar-refractivity contribution < 1.29 is 25.8 Å². The Bertz CT molecular complexity index is 2660. The van der Waals surface area contributed by atoms with Crippen LogP contribution in [0.25, 0.3) is 50.4 Å². The van der Waals surface area contributed by atoms with Crippen LogP contribution in [0.15, 0.2) is 121 Å². The second kappa shape index (κ2) is 13.3. The summed E-state index contributed by atoms with van der Waals surface area (Å²) in [7, 11) is 0. The van der Waals surface area contributed by atoms with E-state index in [1.54, 1.807) is 0 Å². The van der Waals surface area contributed by atoms with Gasteiger partial charge >= 0.3 is 0 Å². The Balaban J connectivity index is 0.00000413. The summed E-state index contributed by atoms with van der Waals surface area (Å²) in [5.41, 5.74) is 7.88. The number of ether oxygens (including phenoxy) is 1. The molecule has 5 aromatic carbocycles. The van der Waals surface area contributed by atoms with Crippen molar-refractivity contribution in [3.05, 3.63) is 151 Å². The van der Waals surface area contributed by atoms with E-state index in [-0.39, 0.29) is 31.9 Å². The monoisotopic (exact) mass is 886 g/mol. The van der Waals surface area contributed by atoms with Gasteiger partial charge in [0.15, 0.2) is 5.82 Å². The molecule has 272 valence electrons. The number of anilines is 2. The minimum absolute atomic E-state index is 0. The number of benzene rings is 5. The molecule has 0 radical (unpaired) electrons. The van der Waals surface area contributed by atoms with Gasteiger partial charge in [0.2, 0.25) is 0 Å². The standard InChI is InChI=1S/C46H39N6O.Pt/c1-45(2,3)31-22-23-47-42(26-31)52-40-19-13-10-16-36(40)37-21-20-34(28-41(37)52)53-35-25-32(46(4,5)6)24-33(27-35)50-29-51-44(38-17-11-12-18-39(38)50)48-43(49-51)30-14-8-7-9-15-30;/h7-26,29H,1-6H3;/q-3;. The third-order valence-corrected chi connectivity index (χ3v) is 9.87. The maximum Gasteiger partial charge on any atom is 0.160 e. The summed E-state index contributed by atoms with van der Waals surface area (Å²) in [4.78, 5) is 11.9. The molecule has 54 heavy (non-hydrogen) atoms. The SMILES string of the molecule is CC(C)(C)c1cc(Oc2[c-]c3c(cc2)c2ccccc2n3-c2cc(C(C)(C)C)ccn2)[c-]c(N2[CH-]n3nc(-c4ccccc4)nc3-c3ccccc32)c1.[Pt]. The number of hydrogen-bond acceptors (Lipinski definition) is 5. The summed E-state index contributed by atoms with van der Waals surface area (Å²) in [5.74, 6) is 3.51. The number of pyridine rings is 1. The van der Waals surface area contributed by atoms with Crippen molar-refractivity contribution in [2.75, 3.05) is 4.90 Å². The topological polar surface area (TPSA) is 61.0 Å². The molecule has 3 aromatic heterocycles. The van der Waals surface area contributed by atoms with Crippen molar-refractivity contribution in [3.8, 4) is 40.1 Å². The number of aromatic nitrogens is 5. The first-order valence-electron chi connectivity index (χ1n) is 17.9. The Morgan fingerprint density at radius 2 is 1.43 bits per heavy atom. The third kappa shape index (κ3) is 6.26. The van der Waals surface area contributed by atoms with Crippen LogP contribution in [-0.2, 0) is 31.9 Å². The van der Waals surface area contributed by atoms with E-state index in [1.807, 2.05) is 66.1 Å². The zero-order valence-electron chi connectivity index (χ0n) is 31.0. The molecular formula is C46H39N6OPt-3. The van der Waals surface area contributed by atoms with Crippen molar-refractivity contribution in [1.29, 1.82) is 0 Å². The Morgan fingerprint density at radius 3 is 2.22 bits per heavy atom. The van der Waals surface area contributed by atoms with Gasteiger partial charge < -0.3 is 23.9 Å². The Kier molecular flexibility index (Phi) is 8.73. The average molecular weight is 887 g/mol. The molecule has 8 aromatic rings. The Morgan fingerprint density at radius 1 is 0.685 bits per heavy atom. The van der Waals surface area contributed by atoms with E-state index in [0.717, 1.165) is 61.5 Å². The molecule has 0 saturated carbocycles. The van der Waals surface area contributed by atoms with Gasteiger partial charge in [0.25, 0.3) is 0 Å². The van der Waals surface area contributed by atoms with Crippen LogP contribution in [0.5, 0.6) is 11.5 Å². The quantitative estimate of drug-likeness (QED) is 0.161. The minimum atomic E-state index is -0.167. The fourth-order valence-corrected chi connectivity index (χ4v) is 6.98. The molecule has 7 nitrogen and oxygen atoms in total. The number of hydrogen-bond donors (Lipinski definition) is 0. The summed E-state index contributed by atoms with van der Waals surface area (Å²) in [6, 6.07) is 46.6. The molecule has 0 N–H and O–H groups in total. The fourth-order valence-electron chi connectivity index (χ4n) is 6.98. The molecule has 0 spiro atoms. The number of fused-ring (bicyclic) bond motifs is 6. The van der Waals surface area contributed by atoms with Crippen LogP contribution < -0.4 is 9.64 Å². The van der Waals surface area contributed by atoms with E-state index >= 15 is 0 Å². The van der Waals surface area contributed by atoms with E-state index in [2.05, 4.69) is 130 Å². The molecular weight excluding hydrogens is 848 g/mol. The van der Waals surface area contributed by atoms with Gasteiger partial charge in [0.1, 0.15) is 5.82 Å². The molecule has 0 saturated heterocycles. The van der Waals surface area contributed by atoms with Crippen molar-refractivity contribution in [2.24, 2.45) is 0 Å². The van der Waals surface area contributed by atoms with E-state index in [0.29, 0.717) is 17.3 Å². The van der Waals surface area contributed by atoms with Crippen molar-refractivity contribution in [2.45, 2.75) is 52.4 Å². The smallest absolute Gasteiger partial charge is 0.160 e. The molecule has 0 aliphatic carbocycles. The first kappa shape index (κ1) is 35.4. The number of rotatable bonds is 5. The number of nitrogens with zero attached hydrogens (tertiary/aromatic N) is 6. The third-order valence-electron chi connectivity index (χ3n) is 9.87. The minimum Gasteiger partial charge on any atom is -0.509 e. The maximum atomic E-state index is 6.72. The van der Waals surface area contributed by atoms with Crippen LogP contribution in [-0.4, -0.2) is 24.3 Å². The number of para-hydroxylation sites is 2. The van der Waals surface area contributed by atoms with Gasteiger partial charge in [-0.15, -0.1) is 41.3 Å². The fraction of sp³-hybridized carbons (Fsp3) is 0.174. The van der Waals surface area contributed by atoms with E-state index in [4.69, 9.17) is 19.8 Å². The van der Waals surface area contributed by atoms with Gasteiger partial charge in [0, 0.05) is 61.4 Å². The molecule has 0 amide bonds. The van der Waals surface area contributed by atoms with E-state index in [9.17, 15) is 0 Å². The molecule has 8 heteroatoms. The maximum absolute atomic E-state index is 6.72. The van der Waals surface area contributed by atoms with Gasteiger partial charge in [-0.2, -0.15) is 11.2 Å². The van der Waals surface area contributed by atoms with E-state index < -0.39 is 0 Å². The molecule has 1 aliphatic rings. The Hall–Kier alpha value is -5.65. The summed E-state index contributed by atoms with van der Waals surface area (Å²) in [6.45, 7) is 15.3. The molecule has 0 fully saturated rings. The zero-order valence-corrected chi connectivity index (χ0v) is 33.3. The van der Waals surface area contributed by atoms with E-state index in [1.165, 1.54) is 5.56 Å². The van der Waals surface area contributed by atoms with Crippen LogP contribution in [0.4, 0.5) is 11.4 Å². The second-order valence-electron chi connectivity index (χ2n) is 15.6. The van der Waals surface area contributed by atoms with Gasteiger partial charge in [-0.3, -0.25) is 0 Å². The van der Waals surface area contributed by atoms with Gasteiger partial charge in [-0.05, 0) is 51.6 Å². The molecule has 4 heterocycles. The van der Waals surface area contributed by atoms with Crippen LogP contribution in [0.1, 0.15) is 52.7 Å². The largest absolute Gasteiger partial charge is 0.509 e. The van der Waals surface area contributed by atoms with Crippen molar-refractivity contribution >= 4 is 33.2 Å².